The fourth-order valence-corrected chi connectivity index (χ4v) is 3.80. The van der Waals surface area contributed by atoms with Gasteiger partial charge in [0.05, 0.1) is 5.56 Å². The Morgan fingerprint density at radius 1 is 1.32 bits per heavy atom. The molecule has 1 N–H and O–H groups in total. The summed E-state index contributed by atoms with van der Waals surface area (Å²) in [4.78, 5) is 0.0519. The Morgan fingerprint density at radius 2 is 2.00 bits per heavy atom. The lowest BCUT2D eigenvalue weighted by Gasteiger charge is -2.20. The molecule has 1 aliphatic carbocycles. The molecule has 0 saturated carbocycles. The van der Waals surface area contributed by atoms with Crippen LogP contribution in [0, 0.1) is 6.92 Å². The number of thiocarbonyl (C=S) groups is 1. The molecule has 0 radical (unpaired) electrons. The molecule has 0 amide bonds. The molecule has 7 heteroatoms. The van der Waals surface area contributed by atoms with Crippen molar-refractivity contribution >= 4 is 22.9 Å². The second-order valence-electron chi connectivity index (χ2n) is 7.10. The zero-order chi connectivity index (χ0) is 18.6. The molecule has 1 heterocycles. The average molecular weight is 367 g/mol. The highest BCUT2D eigenvalue weighted by molar-refractivity contribution is 7.81. The summed E-state index contributed by atoms with van der Waals surface area (Å²) in [6.45, 7) is 5.94. The van der Waals surface area contributed by atoms with Gasteiger partial charge in [-0.3, -0.25) is 4.68 Å². The number of fused-ring (bicyclic) bond motifs is 1. The monoisotopic (exact) mass is 367 g/mol. The van der Waals surface area contributed by atoms with Crippen molar-refractivity contribution in [1.82, 2.24) is 9.78 Å². The maximum atomic E-state index is 13.3. The minimum absolute atomic E-state index is 0.0519. The van der Waals surface area contributed by atoms with Gasteiger partial charge in [0.1, 0.15) is 4.99 Å². The van der Waals surface area contributed by atoms with Gasteiger partial charge in [-0.05, 0) is 42.4 Å². The third-order valence-electron chi connectivity index (χ3n) is 4.98. The summed E-state index contributed by atoms with van der Waals surface area (Å²) in [7, 11) is 1.49. The lowest BCUT2D eigenvalue weighted by molar-refractivity contribution is -0.141. The number of hydrogen-bond acceptors (Lipinski definition) is 2. The average Bonchev–Trinajstić information content (AvgIpc) is 2.98. The van der Waals surface area contributed by atoms with Gasteiger partial charge in [-0.15, -0.1) is 0 Å². The Morgan fingerprint density at radius 3 is 2.64 bits per heavy atom. The second-order valence-corrected chi connectivity index (χ2v) is 7.51. The molecule has 134 valence electrons. The van der Waals surface area contributed by atoms with Gasteiger partial charge < -0.3 is 5.32 Å². The first kappa shape index (κ1) is 17.9. The topological polar surface area (TPSA) is 29.9 Å². The van der Waals surface area contributed by atoms with Crippen molar-refractivity contribution < 1.29 is 13.2 Å². The Hall–Kier alpha value is -1.89. The first-order chi connectivity index (χ1) is 11.5. The quantitative estimate of drug-likeness (QED) is 0.776. The molecular formula is C18H20F3N3S. The molecule has 1 aromatic carbocycles. The van der Waals surface area contributed by atoms with E-state index in [9.17, 15) is 13.2 Å². The third-order valence-corrected chi connectivity index (χ3v) is 5.29. The van der Waals surface area contributed by atoms with Crippen molar-refractivity contribution in [2.45, 2.75) is 45.2 Å². The molecule has 0 spiro atoms. The van der Waals surface area contributed by atoms with Gasteiger partial charge >= 0.3 is 6.18 Å². The van der Waals surface area contributed by atoms with Crippen molar-refractivity contribution in [3.8, 4) is 0 Å². The van der Waals surface area contributed by atoms with Crippen LogP contribution in [0.5, 0.6) is 0 Å². The Labute approximate surface area is 150 Å². The standard InChI is InChI=1S/C18H20F3N3S/c1-10-14(15(18(19,20)21)23-24(10)4)16(25)22-13-7-5-6-12-11(13)8-9-17(12,2)3/h5-7H,8-9H2,1-4H3,(H,22,25). The lowest BCUT2D eigenvalue weighted by atomic mass is 9.86. The van der Waals surface area contributed by atoms with Gasteiger partial charge in [0, 0.05) is 18.4 Å². The number of halogens is 3. The number of rotatable bonds is 2. The minimum Gasteiger partial charge on any atom is -0.346 e. The number of nitrogens with one attached hydrogen (secondary N) is 1. The van der Waals surface area contributed by atoms with Crippen LogP contribution < -0.4 is 5.32 Å². The lowest BCUT2D eigenvalue weighted by Crippen LogP contribution is -2.18. The smallest absolute Gasteiger partial charge is 0.346 e. The number of aryl methyl sites for hydroxylation is 1. The van der Waals surface area contributed by atoms with Gasteiger partial charge in [-0.2, -0.15) is 18.3 Å². The number of nitrogens with zero attached hydrogens (tertiary/aromatic N) is 2. The summed E-state index contributed by atoms with van der Waals surface area (Å²) in [5.41, 5.74) is 2.58. The molecule has 0 fully saturated rings. The summed E-state index contributed by atoms with van der Waals surface area (Å²) in [6.07, 6.45) is -2.66. The molecule has 3 rings (SSSR count). The van der Waals surface area contributed by atoms with E-state index in [1.807, 2.05) is 12.1 Å². The summed E-state index contributed by atoms with van der Waals surface area (Å²) >= 11 is 5.32. The number of anilines is 1. The van der Waals surface area contributed by atoms with E-state index in [1.54, 1.807) is 6.92 Å². The Kier molecular flexibility index (Phi) is 4.18. The predicted octanol–water partition coefficient (Wildman–Crippen LogP) is 4.76. The number of benzene rings is 1. The molecular weight excluding hydrogens is 347 g/mol. The SMILES string of the molecule is Cc1c(C(=S)Nc2cccc3c2CCC3(C)C)c(C(F)(F)F)nn1C. The molecule has 0 unspecified atom stereocenters. The number of aromatic nitrogens is 2. The Balaban J connectivity index is 2.00. The highest BCUT2D eigenvalue weighted by atomic mass is 32.1. The normalized spacial score (nSPS) is 16.0. The van der Waals surface area contributed by atoms with Crippen LogP contribution in [0.3, 0.4) is 0 Å². The first-order valence-corrected chi connectivity index (χ1v) is 8.47. The van der Waals surface area contributed by atoms with Gasteiger partial charge in [0.2, 0.25) is 0 Å². The molecule has 0 saturated heterocycles. The molecule has 1 aromatic heterocycles. The van der Waals surface area contributed by atoms with Crippen molar-refractivity contribution in [1.29, 1.82) is 0 Å². The van der Waals surface area contributed by atoms with E-state index in [0.29, 0.717) is 5.69 Å². The molecule has 2 aromatic rings. The summed E-state index contributed by atoms with van der Waals surface area (Å²) in [6, 6.07) is 5.86. The van der Waals surface area contributed by atoms with Crippen LogP contribution in [0.2, 0.25) is 0 Å². The van der Waals surface area contributed by atoms with Crippen LogP contribution in [-0.4, -0.2) is 14.8 Å². The van der Waals surface area contributed by atoms with Crippen LogP contribution in [0.25, 0.3) is 0 Å². The van der Waals surface area contributed by atoms with Gasteiger partial charge in [-0.25, -0.2) is 0 Å². The van der Waals surface area contributed by atoms with E-state index in [2.05, 4.69) is 30.3 Å². The van der Waals surface area contributed by atoms with E-state index in [-0.39, 0.29) is 16.0 Å². The summed E-state index contributed by atoms with van der Waals surface area (Å²) in [5, 5.41) is 6.64. The van der Waals surface area contributed by atoms with Crippen LogP contribution in [-0.2, 0) is 25.1 Å². The maximum Gasteiger partial charge on any atom is 0.435 e. The van der Waals surface area contributed by atoms with Gasteiger partial charge in [-0.1, -0.05) is 38.2 Å². The highest BCUT2D eigenvalue weighted by Crippen LogP contribution is 2.41. The fourth-order valence-electron chi connectivity index (χ4n) is 3.44. The predicted molar refractivity (Wildman–Crippen MR) is 96.1 cm³/mol. The summed E-state index contributed by atoms with van der Waals surface area (Å²) in [5.74, 6) is 0. The molecule has 3 nitrogen and oxygen atoms in total. The molecule has 0 bridgehead atoms. The van der Waals surface area contributed by atoms with E-state index in [0.717, 1.165) is 24.1 Å². The zero-order valence-electron chi connectivity index (χ0n) is 14.6. The maximum absolute atomic E-state index is 13.3. The third kappa shape index (κ3) is 3.05. The zero-order valence-corrected chi connectivity index (χ0v) is 15.4. The molecule has 0 aliphatic heterocycles. The van der Waals surface area contributed by atoms with Crippen molar-refractivity contribution in [2.75, 3.05) is 5.32 Å². The van der Waals surface area contributed by atoms with Crippen LogP contribution in [0.1, 0.15) is 48.3 Å². The van der Waals surface area contributed by atoms with Crippen LogP contribution >= 0.6 is 12.2 Å². The summed E-state index contributed by atoms with van der Waals surface area (Å²) < 4.78 is 41.1. The van der Waals surface area contributed by atoms with Crippen LogP contribution in [0.15, 0.2) is 18.2 Å². The Bertz CT molecular complexity index is 850. The van der Waals surface area contributed by atoms with Crippen molar-refractivity contribution in [3.05, 3.63) is 46.3 Å². The van der Waals surface area contributed by atoms with Crippen molar-refractivity contribution in [3.63, 3.8) is 0 Å². The van der Waals surface area contributed by atoms with Gasteiger partial charge in [0.15, 0.2) is 5.69 Å². The fraction of sp³-hybridized carbons (Fsp3) is 0.444. The molecule has 0 atom stereocenters. The number of alkyl halides is 3. The van der Waals surface area contributed by atoms with E-state index >= 15 is 0 Å². The van der Waals surface area contributed by atoms with Crippen molar-refractivity contribution in [2.24, 2.45) is 7.05 Å². The van der Waals surface area contributed by atoms with E-state index < -0.39 is 11.9 Å². The van der Waals surface area contributed by atoms with Crippen LogP contribution in [0.4, 0.5) is 18.9 Å². The van der Waals surface area contributed by atoms with E-state index in [1.165, 1.54) is 17.3 Å². The largest absolute Gasteiger partial charge is 0.435 e. The first-order valence-electron chi connectivity index (χ1n) is 8.07. The number of hydrogen-bond donors (Lipinski definition) is 1. The van der Waals surface area contributed by atoms with Gasteiger partial charge in [0.25, 0.3) is 0 Å². The molecule has 1 aliphatic rings. The minimum atomic E-state index is -4.55. The molecule has 25 heavy (non-hydrogen) atoms. The highest BCUT2D eigenvalue weighted by Gasteiger charge is 2.39. The second kappa shape index (κ2) is 5.83. The van der Waals surface area contributed by atoms with E-state index in [4.69, 9.17) is 12.2 Å².